The lowest BCUT2D eigenvalue weighted by molar-refractivity contribution is 0.0972. The minimum Gasteiger partial charge on any atom is -0.493 e. The number of carbonyl (C=O) groups is 1. The molecule has 2 N–H and O–H groups in total. The molecule has 2 aromatic rings. The smallest absolute Gasteiger partial charge is 0.261 e. The summed E-state index contributed by atoms with van der Waals surface area (Å²) in [5, 5.41) is 6.05. The van der Waals surface area contributed by atoms with Crippen LogP contribution in [0, 0.1) is 0 Å². The van der Waals surface area contributed by atoms with E-state index < -0.39 is 0 Å². The highest BCUT2D eigenvalue weighted by molar-refractivity contribution is 9.10. The summed E-state index contributed by atoms with van der Waals surface area (Å²) in [4.78, 5) is 13.8. The van der Waals surface area contributed by atoms with Gasteiger partial charge in [0.25, 0.3) is 5.91 Å². The Balaban J connectivity index is 1.95. The summed E-state index contributed by atoms with van der Waals surface area (Å²) in [5.41, 5.74) is 1.54. The SMILES string of the molecule is CCCOc1ccc(Br)cc1C(=O)NC(=S)NCc1ccc(SC)cc1. The Bertz CT molecular complexity index is 767. The number of hydrogen-bond donors (Lipinski definition) is 2. The van der Waals surface area contributed by atoms with E-state index in [0.717, 1.165) is 16.5 Å². The molecule has 0 aliphatic carbocycles. The number of nitrogens with one attached hydrogen (secondary N) is 2. The minimum absolute atomic E-state index is 0.283. The van der Waals surface area contributed by atoms with Gasteiger partial charge in [-0.3, -0.25) is 10.1 Å². The number of rotatable bonds is 7. The second-order valence-electron chi connectivity index (χ2n) is 5.47. The summed E-state index contributed by atoms with van der Waals surface area (Å²) < 4.78 is 6.45. The van der Waals surface area contributed by atoms with Crippen molar-refractivity contribution in [3.8, 4) is 5.75 Å². The van der Waals surface area contributed by atoms with Gasteiger partial charge < -0.3 is 10.1 Å². The molecule has 0 radical (unpaired) electrons. The first-order chi connectivity index (χ1) is 12.5. The van der Waals surface area contributed by atoms with Crippen LogP contribution in [0.5, 0.6) is 5.75 Å². The highest BCUT2D eigenvalue weighted by atomic mass is 79.9. The van der Waals surface area contributed by atoms with Crippen molar-refractivity contribution in [1.82, 2.24) is 10.6 Å². The Morgan fingerprint density at radius 2 is 1.96 bits per heavy atom. The third kappa shape index (κ3) is 6.30. The lowest BCUT2D eigenvalue weighted by atomic mass is 10.2. The highest BCUT2D eigenvalue weighted by Gasteiger charge is 2.14. The van der Waals surface area contributed by atoms with Crippen molar-refractivity contribution in [2.45, 2.75) is 24.8 Å². The van der Waals surface area contributed by atoms with Gasteiger partial charge in [-0.25, -0.2) is 0 Å². The topological polar surface area (TPSA) is 50.4 Å². The van der Waals surface area contributed by atoms with E-state index >= 15 is 0 Å². The molecular weight excluding hydrogens is 432 g/mol. The van der Waals surface area contributed by atoms with Crippen LogP contribution in [0.1, 0.15) is 29.3 Å². The van der Waals surface area contributed by atoms with E-state index in [1.807, 2.05) is 31.4 Å². The van der Waals surface area contributed by atoms with Crippen molar-refractivity contribution in [3.05, 3.63) is 58.1 Å². The normalized spacial score (nSPS) is 10.3. The quantitative estimate of drug-likeness (QED) is 0.468. The van der Waals surface area contributed by atoms with Gasteiger partial charge in [0.2, 0.25) is 0 Å². The Hall–Kier alpha value is -1.57. The molecule has 0 atom stereocenters. The second kappa shape index (κ2) is 10.5. The molecule has 0 aromatic heterocycles. The number of benzene rings is 2. The van der Waals surface area contributed by atoms with Crippen molar-refractivity contribution < 1.29 is 9.53 Å². The van der Waals surface area contributed by atoms with Crippen LogP contribution in [0.3, 0.4) is 0 Å². The summed E-state index contributed by atoms with van der Waals surface area (Å²) in [6.45, 7) is 3.12. The molecule has 0 saturated carbocycles. The van der Waals surface area contributed by atoms with Gasteiger partial charge in [-0.2, -0.15) is 0 Å². The van der Waals surface area contributed by atoms with Crippen molar-refractivity contribution in [1.29, 1.82) is 0 Å². The van der Waals surface area contributed by atoms with Crippen LogP contribution in [0.4, 0.5) is 0 Å². The van der Waals surface area contributed by atoms with Gasteiger partial charge in [-0.15, -0.1) is 11.8 Å². The van der Waals surface area contributed by atoms with Gasteiger partial charge >= 0.3 is 0 Å². The van der Waals surface area contributed by atoms with Gasteiger partial charge in [-0.05, 0) is 60.8 Å². The van der Waals surface area contributed by atoms with E-state index in [0.29, 0.717) is 24.5 Å². The zero-order chi connectivity index (χ0) is 18.9. The number of hydrogen-bond acceptors (Lipinski definition) is 4. The molecule has 0 saturated heterocycles. The molecule has 0 fully saturated rings. The lowest BCUT2D eigenvalue weighted by Gasteiger charge is -2.13. The van der Waals surface area contributed by atoms with Crippen molar-refractivity contribution in [3.63, 3.8) is 0 Å². The molecule has 0 heterocycles. The second-order valence-corrected chi connectivity index (χ2v) is 7.68. The van der Waals surface area contributed by atoms with Crippen LogP contribution in [-0.4, -0.2) is 23.9 Å². The third-order valence-corrected chi connectivity index (χ3v) is 4.97. The molecule has 2 aromatic carbocycles. The van der Waals surface area contributed by atoms with Gasteiger partial charge in [0.15, 0.2) is 5.11 Å². The van der Waals surface area contributed by atoms with Crippen LogP contribution in [0.25, 0.3) is 0 Å². The monoisotopic (exact) mass is 452 g/mol. The first-order valence-corrected chi connectivity index (χ1v) is 10.6. The fourth-order valence-electron chi connectivity index (χ4n) is 2.16. The van der Waals surface area contributed by atoms with E-state index in [4.69, 9.17) is 17.0 Å². The zero-order valence-electron chi connectivity index (χ0n) is 14.7. The van der Waals surface area contributed by atoms with Crippen LogP contribution in [0.2, 0.25) is 0 Å². The minimum atomic E-state index is -0.298. The predicted octanol–water partition coefficient (Wildman–Crippen LogP) is 4.76. The van der Waals surface area contributed by atoms with Crippen LogP contribution in [0.15, 0.2) is 51.8 Å². The maximum Gasteiger partial charge on any atom is 0.261 e. The van der Waals surface area contributed by atoms with Crippen molar-refractivity contribution in [2.75, 3.05) is 12.9 Å². The average molecular weight is 453 g/mol. The standard InChI is InChI=1S/C19H21BrN2O2S2/c1-3-10-24-17-9-6-14(20)11-16(17)18(23)22-19(25)21-12-13-4-7-15(26-2)8-5-13/h4-9,11H,3,10,12H2,1-2H3,(H2,21,22,23,25). The Kier molecular flexibility index (Phi) is 8.41. The third-order valence-electron chi connectivity index (χ3n) is 3.49. The first kappa shape index (κ1) is 20.7. The van der Waals surface area contributed by atoms with Gasteiger partial charge in [0.05, 0.1) is 12.2 Å². The van der Waals surface area contributed by atoms with Crippen LogP contribution in [-0.2, 0) is 6.54 Å². The highest BCUT2D eigenvalue weighted by Crippen LogP contribution is 2.23. The van der Waals surface area contributed by atoms with E-state index in [1.165, 1.54) is 4.90 Å². The molecule has 0 aliphatic heterocycles. The van der Waals surface area contributed by atoms with E-state index in [9.17, 15) is 4.79 Å². The van der Waals surface area contributed by atoms with E-state index in [2.05, 4.69) is 38.7 Å². The summed E-state index contributed by atoms with van der Waals surface area (Å²) in [6, 6.07) is 13.5. The van der Waals surface area contributed by atoms with E-state index in [-0.39, 0.29) is 11.0 Å². The summed E-state index contributed by atoms with van der Waals surface area (Å²) in [7, 11) is 0. The summed E-state index contributed by atoms with van der Waals surface area (Å²) >= 11 is 10.3. The van der Waals surface area contributed by atoms with Crippen LogP contribution >= 0.6 is 39.9 Å². The Morgan fingerprint density at radius 3 is 2.62 bits per heavy atom. The molecule has 0 spiro atoms. The number of amides is 1. The summed E-state index contributed by atoms with van der Waals surface area (Å²) in [5.74, 6) is 0.246. The van der Waals surface area contributed by atoms with Gasteiger partial charge in [-0.1, -0.05) is 35.0 Å². The number of thioether (sulfide) groups is 1. The number of halogens is 1. The molecule has 26 heavy (non-hydrogen) atoms. The van der Waals surface area contributed by atoms with Gasteiger partial charge in [0.1, 0.15) is 5.75 Å². The fourth-order valence-corrected chi connectivity index (χ4v) is 3.09. The molecule has 7 heteroatoms. The first-order valence-electron chi connectivity index (χ1n) is 8.18. The largest absolute Gasteiger partial charge is 0.493 e. The van der Waals surface area contributed by atoms with Crippen molar-refractivity contribution in [2.24, 2.45) is 0 Å². The maximum absolute atomic E-state index is 12.5. The molecule has 4 nitrogen and oxygen atoms in total. The Morgan fingerprint density at radius 1 is 1.23 bits per heavy atom. The maximum atomic E-state index is 12.5. The molecule has 0 aliphatic rings. The molecular formula is C19H21BrN2O2S2. The van der Waals surface area contributed by atoms with E-state index in [1.54, 1.807) is 23.9 Å². The number of carbonyl (C=O) groups excluding carboxylic acids is 1. The summed E-state index contributed by atoms with van der Waals surface area (Å²) in [6.07, 6.45) is 2.91. The average Bonchev–Trinajstić information content (AvgIpc) is 2.65. The van der Waals surface area contributed by atoms with Crippen molar-refractivity contribution >= 4 is 50.9 Å². The fraction of sp³-hybridized carbons (Fsp3) is 0.263. The van der Waals surface area contributed by atoms with Gasteiger partial charge in [0, 0.05) is 15.9 Å². The zero-order valence-corrected chi connectivity index (χ0v) is 17.9. The lowest BCUT2D eigenvalue weighted by Crippen LogP contribution is -2.39. The molecule has 1 amide bonds. The molecule has 138 valence electrons. The molecule has 2 rings (SSSR count). The van der Waals surface area contributed by atoms with Crippen LogP contribution < -0.4 is 15.4 Å². The Labute approximate surface area is 172 Å². The number of thiocarbonyl (C=S) groups is 1. The number of ether oxygens (including phenoxy) is 1. The predicted molar refractivity (Wildman–Crippen MR) is 115 cm³/mol. The molecule has 0 bridgehead atoms. The molecule has 0 unspecified atom stereocenters.